The van der Waals surface area contributed by atoms with Crippen LogP contribution in [0.1, 0.15) is 25.5 Å². The van der Waals surface area contributed by atoms with Crippen molar-refractivity contribution < 1.29 is 28.5 Å². The smallest absolute Gasteiger partial charge is 0.337 e. The van der Waals surface area contributed by atoms with E-state index in [0.29, 0.717) is 0 Å². The van der Waals surface area contributed by atoms with Crippen molar-refractivity contribution in [3.8, 4) is 0 Å². The zero-order chi connectivity index (χ0) is 13.9. The number of hydrogen-bond acceptors (Lipinski definition) is 3. The van der Waals surface area contributed by atoms with Gasteiger partial charge in [-0.2, -0.15) is 0 Å². The van der Waals surface area contributed by atoms with Gasteiger partial charge in [-0.05, 0) is 32.0 Å². The van der Waals surface area contributed by atoms with Crippen LogP contribution in [0, 0.1) is 11.6 Å². The largest absolute Gasteiger partial charge is 0.479 e. The molecule has 18 heavy (non-hydrogen) atoms. The number of rotatable bonds is 5. The molecule has 0 saturated heterocycles. The van der Waals surface area contributed by atoms with Crippen LogP contribution in [0.4, 0.5) is 8.78 Å². The molecule has 1 aromatic rings. The lowest BCUT2D eigenvalue weighted by atomic mass is 10.1. The molecule has 0 spiro atoms. The summed E-state index contributed by atoms with van der Waals surface area (Å²) in [5, 5.41) is 18.2. The first-order valence-corrected chi connectivity index (χ1v) is 5.34. The van der Waals surface area contributed by atoms with Crippen LogP contribution in [0.2, 0.25) is 0 Å². The van der Waals surface area contributed by atoms with Crippen LogP contribution in [0.15, 0.2) is 18.2 Å². The summed E-state index contributed by atoms with van der Waals surface area (Å²) in [6.07, 6.45) is -3.41. The number of aliphatic hydroxyl groups excluding tert-OH is 1. The molecule has 0 radical (unpaired) electrons. The van der Waals surface area contributed by atoms with E-state index in [0.717, 1.165) is 18.2 Å². The Kier molecular flexibility index (Phi) is 4.75. The third kappa shape index (κ3) is 3.48. The van der Waals surface area contributed by atoms with Gasteiger partial charge in [0.2, 0.25) is 0 Å². The van der Waals surface area contributed by atoms with Gasteiger partial charge in [-0.25, -0.2) is 13.6 Å². The van der Waals surface area contributed by atoms with Crippen molar-refractivity contribution in [1.29, 1.82) is 0 Å². The first kappa shape index (κ1) is 14.5. The average molecular weight is 260 g/mol. The van der Waals surface area contributed by atoms with E-state index in [1.54, 1.807) is 0 Å². The van der Waals surface area contributed by atoms with Crippen LogP contribution < -0.4 is 0 Å². The molecule has 0 saturated carbocycles. The summed E-state index contributed by atoms with van der Waals surface area (Å²) in [7, 11) is 0. The predicted molar refractivity (Wildman–Crippen MR) is 59.0 cm³/mol. The van der Waals surface area contributed by atoms with Crippen LogP contribution in [0.5, 0.6) is 0 Å². The molecular weight excluding hydrogens is 246 g/mol. The quantitative estimate of drug-likeness (QED) is 0.848. The fourth-order valence-electron chi connectivity index (χ4n) is 1.31. The fourth-order valence-corrected chi connectivity index (χ4v) is 1.31. The number of benzene rings is 1. The summed E-state index contributed by atoms with van der Waals surface area (Å²) in [5.41, 5.74) is -0.407. The van der Waals surface area contributed by atoms with Crippen LogP contribution in [-0.2, 0) is 9.53 Å². The Balaban J connectivity index is 3.05. The Labute approximate surface area is 103 Å². The summed E-state index contributed by atoms with van der Waals surface area (Å²) in [5.74, 6) is -3.08. The lowest BCUT2D eigenvalue weighted by Crippen LogP contribution is -2.28. The van der Waals surface area contributed by atoms with Gasteiger partial charge in [0.25, 0.3) is 0 Å². The van der Waals surface area contributed by atoms with Crippen molar-refractivity contribution in [2.45, 2.75) is 32.2 Å². The summed E-state index contributed by atoms with van der Waals surface area (Å²) < 4.78 is 31.5. The highest BCUT2D eigenvalue weighted by Gasteiger charge is 2.28. The van der Waals surface area contributed by atoms with Crippen LogP contribution in [0.3, 0.4) is 0 Å². The minimum absolute atomic E-state index is 0.407. The molecular formula is C12H14F2O4. The van der Waals surface area contributed by atoms with Gasteiger partial charge in [0.15, 0.2) is 6.10 Å². The highest BCUT2D eigenvalue weighted by molar-refractivity contribution is 5.74. The number of carboxylic acid groups (broad SMARTS) is 1. The Morgan fingerprint density at radius 2 is 1.94 bits per heavy atom. The molecule has 0 aliphatic carbocycles. The number of aliphatic hydroxyl groups is 1. The molecule has 100 valence electrons. The topological polar surface area (TPSA) is 66.8 Å². The van der Waals surface area contributed by atoms with Gasteiger partial charge in [0.05, 0.1) is 12.2 Å². The number of ether oxygens (including phenoxy) is 1. The van der Waals surface area contributed by atoms with Crippen molar-refractivity contribution in [2.24, 2.45) is 0 Å². The van der Waals surface area contributed by atoms with Crippen molar-refractivity contribution in [2.75, 3.05) is 0 Å². The first-order chi connectivity index (χ1) is 8.32. The molecule has 4 nitrogen and oxygen atoms in total. The maximum absolute atomic E-state index is 13.5. The Morgan fingerprint density at radius 1 is 1.33 bits per heavy atom. The minimum Gasteiger partial charge on any atom is -0.479 e. The third-order valence-electron chi connectivity index (χ3n) is 2.49. The van der Waals surface area contributed by atoms with E-state index in [2.05, 4.69) is 0 Å². The maximum atomic E-state index is 13.5. The van der Waals surface area contributed by atoms with Gasteiger partial charge in [-0.3, -0.25) is 0 Å². The molecule has 0 aromatic heterocycles. The van der Waals surface area contributed by atoms with Crippen molar-refractivity contribution in [1.82, 2.24) is 0 Å². The second kappa shape index (κ2) is 5.88. The van der Waals surface area contributed by atoms with E-state index in [1.165, 1.54) is 13.8 Å². The Bertz CT molecular complexity index is 434. The fraction of sp³-hybridized carbons (Fsp3) is 0.417. The van der Waals surface area contributed by atoms with Gasteiger partial charge < -0.3 is 14.9 Å². The number of aliphatic carboxylic acids is 1. The summed E-state index contributed by atoms with van der Waals surface area (Å²) in [6, 6.07) is 2.48. The number of carbonyl (C=O) groups is 1. The van der Waals surface area contributed by atoms with E-state index in [-0.39, 0.29) is 0 Å². The molecule has 3 unspecified atom stereocenters. The molecule has 6 heteroatoms. The Morgan fingerprint density at radius 3 is 2.44 bits per heavy atom. The molecule has 0 amide bonds. The number of halogens is 2. The van der Waals surface area contributed by atoms with Crippen LogP contribution in [0.25, 0.3) is 0 Å². The van der Waals surface area contributed by atoms with Crippen molar-refractivity contribution >= 4 is 5.97 Å². The minimum atomic E-state index is -1.66. The second-order valence-electron chi connectivity index (χ2n) is 3.97. The van der Waals surface area contributed by atoms with Crippen LogP contribution >= 0.6 is 0 Å². The lowest BCUT2D eigenvalue weighted by molar-refractivity contribution is -0.158. The highest BCUT2D eigenvalue weighted by atomic mass is 19.1. The third-order valence-corrected chi connectivity index (χ3v) is 2.49. The summed E-state index contributed by atoms with van der Waals surface area (Å²) >= 11 is 0. The van der Waals surface area contributed by atoms with Crippen molar-refractivity contribution in [3.05, 3.63) is 35.4 Å². The molecule has 0 heterocycles. The maximum Gasteiger partial charge on any atom is 0.337 e. The Hall–Kier alpha value is -1.53. The molecule has 0 fully saturated rings. The SMILES string of the molecule is CC(O)C(C)OC(C(=O)O)c1cc(F)ccc1F. The normalized spacial score (nSPS) is 16.1. The van der Waals surface area contributed by atoms with Gasteiger partial charge >= 0.3 is 5.97 Å². The zero-order valence-electron chi connectivity index (χ0n) is 9.93. The lowest BCUT2D eigenvalue weighted by Gasteiger charge is -2.21. The van der Waals surface area contributed by atoms with E-state index >= 15 is 0 Å². The van der Waals surface area contributed by atoms with Gasteiger partial charge in [0, 0.05) is 5.56 Å². The summed E-state index contributed by atoms with van der Waals surface area (Å²) in [6.45, 7) is 2.85. The molecule has 0 aliphatic rings. The van der Waals surface area contributed by atoms with E-state index in [9.17, 15) is 18.7 Å². The van der Waals surface area contributed by atoms with Crippen molar-refractivity contribution in [3.63, 3.8) is 0 Å². The van der Waals surface area contributed by atoms with Crippen LogP contribution in [-0.4, -0.2) is 28.4 Å². The number of carboxylic acids is 1. The summed E-state index contributed by atoms with van der Waals surface area (Å²) in [4.78, 5) is 11.0. The van der Waals surface area contributed by atoms with Gasteiger partial charge in [0.1, 0.15) is 11.6 Å². The standard InChI is InChI=1S/C12H14F2O4/c1-6(15)7(2)18-11(12(16)17)9-5-8(13)3-4-10(9)14/h3-7,11,15H,1-2H3,(H,16,17). The average Bonchev–Trinajstić information content (AvgIpc) is 2.28. The predicted octanol–water partition coefficient (Wildman–Crippen LogP) is 1.88. The van der Waals surface area contributed by atoms with Gasteiger partial charge in [-0.1, -0.05) is 0 Å². The zero-order valence-corrected chi connectivity index (χ0v) is 9.93. The molecule has 1 rings (SSSR count). The second-order valence-corrected chi connectivity index (χ2v) is 3.97. The molecule has 3 atom stereocenters. The molecule has 0 aliphatic heterocycles. The molecule has 2 N–H and O–H groups in total. The van der Waals surface area contributed by atoms with Gasteiger partial charge in [-0.15, -0.1) is 0 Å². The van der Waals surface area contributed by atoms with E-state index in [1.807, 2.05) is 0 Å². The van der Waals surface area contributed by atoms with E-state index < -0.39 is 41.5 Å². The molecule has 1 aromatic carbocycles. The molecule has 0 bridgehead atoms. The van der Waals surface area contributed by atoms with E-state index in [4.69, 9.17) is 9.84 Å². The first-order valence-electron chi connectivity index (χ1n) is 5.34. The monoisotopic (exact) mass is 260 g/mol. The number of hydrogen-bond donors (Lipinski definition) is 2. The highest BCUT2D eigenvalue weighted by Crippen LogP contribution is 2.24.